The molecule has 2 heteroatoms. The zero-order valence-corrected chi connectivity index (χ0v) is 19.8. The Morgan fingerprint density at radius 1 is 0.500 bits per heavy atom. The lowest BCUT2D eigenvalue weighted by atomic mass is 9.75. The van der Waals surface area contributed by atoms with Crippen LogP contribution in [0.1, 0.15) is 67.6 Å². The van der Waals surface area contributed by atoms with Crippen LogP contribution in [-0.2, 0) is 0 Å². The molecule has 34 heavy (non-hydrogen) atoms. The van der Waals surface area contributed by atoms with Crippen LogP contribution in [0.4, 0.5) is 0 Å². The van der Waals surface area contributed by atoms with E-state index in [9.17, 15) is 9.59 Å². The zero-order valence-electron chi connectivity index (χ0n) is 19.8. The summed E-state index contributed by atoms with van der Waals surface area (Å²) in [6.45, 7) is 4.03. The van der Waals surface area contributed by atoms with E-state index in [1.165, 1.54) is 0 Å². The number of benzene rings is 4. The van der Waals surface area contributed by atoms with Crippen molar-refractivity contribution in [3.8, 4) is 0 Å². The number of Topliss-reactive ketones (excluding diaryl/α,β-unsaturated/α-hetero) is 2. The molecule has 0 heterocycles. The van der Waals surface area contributed by atoms with Crippen molar-refractivity contribution in [2.24, 2.45) is 0 Å². The van der Waals surface area contributed by atoms with Crippen LogP contribution in [0.5, 0.6) is 0 Å². The van der Waals surface area contributed by atoms with Gasteiger partial charge in [0.25, 0.3) is 0 Å². The van der Waals surface area contributed by atoms with E-state index in [1.807, 2.05) is 98.8 Å². The molecule has 0 N–H and O–H groups in total. The minimum Gasteiger partial charge on any atom is -0.294 e. The van der Waals surface area contributed by atoms with Gasteiger partial charge in [0, 0.05) is 24.0 Å². The third-order valence-electron chi connectivity index (χ3n) is 6.50. The van der Waals surface area contributed by atoms with Crippen LogP contribution in [0.3, 0.4) is 0 Å². The van der Waals surface area contributed by atoms with Gasteiger partial charge in [-0.2, -0.15) is 0 Å². The summed E-state index contributed by atoms with van der Waals surface area (Å²) < 4.78 is 0. The Kier molecular flexibility index (Phi) is 7.49. The van der Waals surface area contributed by atoms with Gasteiger partial charge in [0.2, 0.25) is 0 Å². The highest BCUT2D eigenvalue weighted by Gasteiger charge is 2.29. The zero-order chi connectivity index (χ0) is 23.9. The molecule has 0 aliphatic rings. The molecule has 0 aliphatic carbocycles. The van der Waals surface area contributed by atoms with Crippen LogP contribution in [-0.4, -0.2) is 11.6 Å². The lowest BCUT2D eigenvalue weighted by Gasteiger charge is -2.28. The van der Waals surface area contributed by atoms with E-state index in [0.717, 1.165) is 22.3 Å². The van der Waals surface area contributed by atoms with Gasteiger partial charge in [-0.15, -0.1) is 0 Å². The molecule has 0 aromatic heterocycles. The van der Waals surface area contributed by atoms with Crippen molar-refractivity contribution in [1.29, 1.82) is 0 Å². The van der Waals surface area contributed by atoms with Crippen LogP contribution in [0.15, 0.2) is 109 Å². The predicted octanol–water partition coefficient (Wildman–Crippen LogP) is 7.72. The average molecular weight is 447 g/mol. The second kappa shape index (κ2) is 10.9. The van der Waals surface area contributed by atoms with Crippen LogP contribution < -0.4 is 0 Å². The molecule has 2 nitrogen and oxygen atoms in total. The molecule has 0 amide bonds. The van der Waals surface area contributed by atoms with Gasteiger partial charge in [-0.25, -0.2) is 0 Å². The van der Waals surface area contributed by atoms with E-state index in [0.29, 0.717) is 24.0 Å². The van der Waals surface area contributed by atoms with E-state index in [2.05, 4.69) is 24.3 Å². The number of hydrogen-bond acceptors (Lipinski definition) is 2. The molecule has 0 spiro atoms. The van der Waals surface area contributed by atoms with E-state index >= 15 is 0 Å². The Morgan fingerprint density at radius 2 is 0.824 bits per heavy atom. The number of carbonyl (C=O) groups excluding carboxylic acids is 2. The highest BCUT2D eigenvalue weighted by atomic mass is 16.1. The van der Waals surface area contributed by atoms with Crippen molar-refractivity contribution < 1.29 is 9.59 Å². The summed E-state index contributed by atoms with van der Waals surface area (Å²) >= 11 is 0. The second-order valence-corrected chi connectivity index (χ2v) is 9.02. The van der Waals surface area contributed by atoms with Gasteiger partial charge >= 0.3 is 0 Å². The molecule has 2 atom stereocenters. The average Bonchev–Trinajstić information content (AvgIpc) is 2.87. The molecule has 170 valence electrons. The lowest BCUT2D eigenvalue weighted by molar-refractivity contribution is 0.0936. The topological polar surface area (TPSA) is 34.1 Å². The summed E-state index contributed by atoms with van der Waals surface area (Å²) in [6, 6.07) is 35.7. The number of ketones is 2. The minimum absolute atomic E-state index is 0.0950. The van der Waals surface area contributed by atoms with Crippen LogP contribution >= 0.6 is 0 Å². The van der Waals surface area contributed by atoms with Gasteiger partial charge in [-0.05, 0) is 36.8 Å². The standard InChI is InChI=1S/C32H30O2/c1-23-13-17-27(18-14-23)31(33)21-29(25-9-5-3-6-10-25)30(26-11-7-4-8-12-26)22-32(34)28-19-15-24(2)16-20-28/h3-20,29-30H,21-22H2,1-2H3. The fourth-order valence-electron chi connectivity index (χ4n) is 4.50. The van der Waals surface area contributed by atoms with Gasteiger partial charge < -0.3 is 0 Å². The number of hydrogen-bond donors (Lipinski definition) is 0. The quantitative estimate of drug-likeness (QED) is 0.247. The molecule has 4 aromatic carbocycles. The van der Waals surface area contributed by atoms with Crippen molar-refractivity contribution in [3.05, 3.63) is 143 Å². The monoisotopic (exact) mass is 446 g/mol. The van der Waals surface area contributed by atoms with Crippen molar-refractivity contribution in [3.63, 3.8) is 0 Å². The van der Waals surface area contributed by atoms with Gasteiger partial charge in [-0.1, -0.05) is 120 Å². The molecular weight excluding hydrogens is 416 g/mol. The maximum absolute atomic E-state index is 13.4. The molecule has 0 aliphatic heterocycles. The fourth-order valence-corrected chi connectivity index (χ4v) is 4.50. The van der Waals surface area contributed by atoms with Crippen molar-refractivity contribution in [2.75, 3.05) is 0 Å². The molecule has 0 radical (unpaired) electrons. The minimum atomic E-state index is -0.119. The number of carbonyl (C=O) groups is 2. The Bertz CT molecular complexity index is 1120. The van der Waals surface area contributed by atoms with Gasteiger partial charge in [0.1, 0.15) is 0 Å². The Hall–Kier alpha value is -3.78. The Labute approximate surface area is 202 Å². The normalized spacial score (nSPS) is 12.6. The third-order valence-corrected chi connectivity index (χ3v) is 6.50. The lowest BCUT2D eigenvalue weighted by Crippen LogP contribution is -2.19. The molecule has 0 saturated carbocycles. The van der Waals surface area contributed by atoms with Gasteiger partial charge in [0.15, 0.2) is 11.6 Å². The third kappa shape index (κ3) is 5.77. The van der Waals surface area contributed by atoms with Crippen molar-refractivity contribution in [1.82, 2.24) is 0 Å². The maximum atomic E-state index is 13.4. The van der Waals surface area contributed by atoms with Crippen molar-refractivity contribution >= 4 is 11.6 Å². The van der Waals surface area contributed by atoms with Gasteiger partial charge in [-0.3, -0.25) is 9.59 Å². The highest BCUT2D eigenvalue weighted by molar-refractivity contribution is 5.98. The van der Waals surface area contributed by atoms with Crippen LogP contribution in [0.2, 0.25) is 0 Å². The summed E-state index contributed by atoms with van der Waals surface area (Å²) in [7, 11) is 0. The summed E-state index contributed by atoms with van der Waals surface area (Å²) in [5, 5.41) is 0. The fraction of sp³-hybridized carbons (Fsp3) is 0.188. The first-order chi connectivity index (χ1) is 16.5. The van der Waals surface area contributed by atoms with E-state index in [4.69, 9.17) is 0 Å². The van der Waals surface area contributed by atoms with Crippen molar-refractivity contribution in [2.45, 2.75) is 38.5 Å². The molecule has 0 fully saturated rings. The number of aryl methyl sites for hydroxylation is 2. The molecule has 0 bridgehead atoms. The largest absolute Gasteiger partial charge is 0.294 e. The molecule has 4 aromatic rings. The molecule has 0 saturated heterocycles. The highest BCUT2D eigenvalue weighted by Crippen LogP contribution is 2.39. The first-order valence-corrected chi connectivity index (χ1v) is 11.8. The summed E-state index contributed by atoms with van der Waals surface area (Å²) in [5.74, 6) is -0.0475. The van der Waals surface area contributed by atoms with Crippen LogP contribution in [0.25, 0.3) is 0 Å². The molecule has 4 rings (SSSR count). The summed E-state index contributed by atoms with van der Waals surface area (Å²) in [5.41, 5.74) is 5.83. The van der Waals surface area contributed by atoms with Crippen LogP contribution in [0, 0.1) is 13.8 Å². The Balaban J connectivity index is 1.71. The first-order valence-electron chi connectivity index (χ1n) is 11.8. The summed E-state index contributed by atoms with van der Waals surface area (Å²) in [6.07, 6.45) is 0.682. The second-order valence-electron chi connectivity index (χ2n) is 9.02. The Morgan fingerprint density at radius 3 is 1.15 bits per heavy atom. The first kappa shape index (κ1) is 23.4. The van der Waals surface area contributed by atoms with E-state index in [-0.39, 0.29) is 23.4 Å². The van der Waals surface area contributed by atoms with E-state index < -0.39 is 0 Å². The van der Waals surface area contributed by atoms with E-state index in [1.54, 1.807) is 0 Å². The van der Waals surface area contributed by atoms with Gasteiger partial charge in [0.05, 0.1) is 0 Å². The summed E-state index contributed by atoms with van der Waals surface area (Å²) in [4.78, 5) is 26.8. The maximum Gasteiger partial charge on any atom is 0.163 e. The molecular formula is C32H30O2. The number of rotatable bonds is 9. The predicted molar refractivity (Wildman–Crippen MR) is 139 cm³/mol. The molecule has 2 unspecified atom stereocenters. The smallest absolute Gasteiger partial charge is 0.163 e. The SMILES string of the molecule is Cc1ccc(C(=O)CC(c2ccccc2)C(CC(=O)c2ccc(C)cc2)c2ccccc2)cc1.